The van der Waals surface area contributed by atoms with Gasteiger partial charge < -0.3 is 9.97 Å². The summed E-state index contributed by atoms with van der Waals surface area (Å²) in [5.74, 6) is 0. The van der Waals surface area contributed by atoms with Gasteiger partial charge in [-0.05, 0) is 28.2 Å². The van der Waals surface area contributed by atoms with Crippen molar-refractivity contribution in [3.8, 4) is 0 Å². The zero-order valence-electron chi connectivity index (χ0n) is 6.25. The summed E-state index contributed by atoms with van der Waals surface area (Å²) < 4.78 is 0.989. The van der Waals surface area contributed by atoms with Crippen molar-refractivity contribution in [2.75, 3.05) is 0 Å². The summed E-state index contributed by atoms with van der Waals surface area (Å²) in [6.07, 6.45) is 3.14. The minimum Gasteiger partial charge on any atom is -0.441 e. The van der Waals surface area contributed by atoms with Crippen LogP contribution in [0.15, 0.2) is 12.5 Å². The molecule has 2 rings (SSSR count). The third-order valence-electron chi connectivity index (χ3n) is 1.32. The van der Waals surface area contributed by atoms with Gasteiger partial charge in [0.05, 0.1) is 0 Å². The summed E-state index contributed by atoms with van der Waals surface area (Å²) >= 11 is 7.96. The molecule has 3 nitrogen and oxygen atoms in total. The van der Waals surface area contributed by atoms with Crippen LogP contribution in [0.3, 0.4) is 0 Å². The first-order valence-corrected chi connectivity index (χ1v) is 4.32. The largest absolute Gasteiger partial charge is 1.00 e. The van der Waals surface area contributed by atoms with Gasteiger partial charge in [0, 0.05) is 15.3 Å². The molecule has 0 N–H and O–H groups in total. The van der Waals surface area contributed by atoms with Gasteiger partial charge in [-0.1, -0.05) is 17.8 Å². The first kappa shape index (κ1) is 10.7. The van der Waals surface area contributed by atoms with E-state index in [2.05, 4.69) is 37.5 Å². The summed E-state index contributed by atoms with van der Waals surface area (Å²) in [7, 11) is 0. The summed E-state index contributed by atoms with van der Waals surface area (Å²) in [5.41, 5.74) is 0.661. The van der Waals surface area contributed by atoms with E-state index in [9.17, 15) is 0 Å². The number of aromatic nitrogens is 3. The van der Waals surface area contributed by atoms with E-state index in [0.717, 1.165) is 8.96 Å². The molecule has 0 aliphatic heterocycles. The van der Waals surface area contributed by atoms with Crippen LogP contribution < -0.4 is 34.5 Å². The third-order valence-corrected chi connectivity index (χ3v) is 2.42. The van der Waals surface area contributed by atoms with Crippen LogP contribution >= 0.6 is 34.2 Å². The molecule has 12 heavy (non-hydrogen) atoms. The molecular formula is C6H2ClIN3Na. The molecule has 0 aliphatic carbocycles. The quantitative estimate of drug-likeness (QED) is 0.350. The predicted molar refractivity (Wildman–Crippen MR) is 50.6 cm³/mol. The molecule has 0 aliphatic rings. The zero-order valence-corrected chi connectivity index (χ0v) is 11.2. The average Bonchev–Trinajstić information content (AvgIpc) is 2.34. The number of halogens is 2. The average molecular weight is 301 g/mol. The molecule has 2 aromatic heterocycles. The van der Waals surface area contributed by atoms with Crippen LogP contribution in [0.5, 0.6) is 0 Å². The smallest absolute Gasteiger partial charge is 0.441 e. The van der Waals surface area contributed by atoms with Crippen LogP contribution in [0, 0.1) is 3.57 Å². The van der Waals surface area contributed by atoms with Crippen LogP contribution in [0.25, 0.3) is 11.0 Å². The fourth-order valence-electron chi connectivity index (χ4n) is 0.841. The van der Waals surface area contributed by atoms with Gasteiger partial charge in [0.1, 0.15) is 5.15 Å². The molecule has 6 heteroatoms. The fraction of sp³-hybridized carbons (Fsp3) is 0. The van der Waals surface area contributed by atoms with E-state index in [0.29, 0.717) is 10.8 Å². The molecule has 0 spiro atoms. The van der Waals surface area contributed by atoms with E-state index in [1.165, 1.54) is 6.33 Å². The van der Waals surface area contributed by atoms with Gasteiger partial charge >= 0.3 is 29.6 Å². The first-order valence-electron chi connectivity index (χ1n) is 2.86. The molecule has 0 atom stereocenters. The van der Waals surface area contributed by atoms with Gasteiger partial charge in [-0.3, -0.25) is 0 Å². The molecule has 0 radical (unpaired) electrons. The van der Waals surface area contributed by atoms with Gasteiger partial charge in [0.15, 0.2) is 0 Å². The molecule has 0 bridgehead atoms. The van der Waals surface area contributed by atoms with E-state index >= 15 is 0 Å². The summed E-state index contributed by atoms with van der Waals surface area (Å²) in [4.78, 5) is 11.8. The molecule has 0 saturated heterocycles. The maximum atomic E-state index is 5.81. The SMILES string of the molecule is Clc1ncnc2[n-]cc(I)c12.[Na+]. The van der Waals surface area contributed by atoms with Crippen LogP contribution in [-0.4, -0.2) is 9.97 Å². The Balaban J connectivity index is 0.000000720. The second-order valence-electron chi connectivity index (χ2n) is 1.97. The van der Waals surface area contributed by atoms with E-state index in [4.69, 9.17) is 11.6 Å². The molecular weight excluding hydrogens is 299 g/mol. The molecule has 0 unspecified atom stereocenters. The Hall–Kier alpha value is 0.640. The summed E-state index contributed by atoms with van der Waals surface area (Å²) in [6, 6.07) is 0. The Kier molecular flexibility index (Phi) is 3.78. The Morgan fingerprint density at radius 1 is 1.42 bits per heavy atom. The van der Waals surface area contributed by atoms with Crippen molar-refractivity contribution in [1.29, 1.82) is 0 Å². The summed E-state index contributed by atoms with van der Waals surface area (Å²) in [5, 5.41) is 1.31. The van der Waals surface area contributed by atoms with Crippen molar-refractivity contribution < 1.29 is 29.6 Å². The number of hydrogen-bond donors (Lipinski definition) is 0. The second-order valence-corrected chi connectivity index (χ2v) is 3.49. The van der Waals surface area contributed by atoms with Crippen LogP contribution in [0.1, 0.15) is 0 Å². The van der Waals surface area contributed by atoms with Crippen molar-refractivity contribution in [3.05, 3.63) is 21.2 Å². The van der Waals surface area contributed by atoms with E-state index in [1.807, 2.05) is 0 Å². The predicted octanol–water partition coefficient (Wildman–Crippen LogP) is -1.15. The Morgan fingerprint density at radius 3 is 2.83 bits per heavy atom. The van der Waals surface area contributed by atoms with Crippen molar-refractivity contribution in [2.45, 2.75) is 0 Å². The zero-order chi connectivity index (χ0) is 7.84. The van der Waals surface area contributed by atoms with Crippen LogP contribution in [0.4, 0.5) is 0 Å². The number of fused-ring (bicyclic) bond motifs is 1. The van der Waals surface area contributed by atoms with Gasteiger partial charge in [-0.2, -0.15) is 0 Å². The minimum absolute atomic E-state index is 0. The number of hydrogen-bond acceptors (Lipinski definition) is 2. The van der Waals surface area contributed by atoms with Gasteiger partial charge in [0.25, 0.3) is 0 Å². The van der Waals surface area contributed by atoms with Crippen molar-refractivity contribution >= 4 is 45.2 Å². The second kappa shape index (κ2) is 4.23. The monoisotopic (exact) mass is 301 g/mol. The van der Waals surface area contributed by atoms with E-state index in [1.54, 1.807) is 6.20 Å². The summed E-state index contributed by atoms with van der Waals surface area (Å²) in [6.45, 7) is 0. The molecule has 2 aromatic rings. The van der Waals surface area contributed by atoms with E-state index in [-0.39, 0.29) is 29.6 Å². The van der Waals surface area contributed by atoms with Gasteiger partial charge in [0.2, 0.25) is 0 Å². The van der Waals surface area contributed by atoms with Crippen LogP contribution in [0.2, 0.25) is 5.15 Å². The molecule has 0 fully saturated rings. The van der Waals surface area contributed by atoms with Gasteiger partial charge in [-0.25, -0.2) is 4.98 Å². The first-order chi connectivity index (χ1) is 5.29. The van der Waals surface area contributed by atoms with Crippen LogP contribution in [-0.2, 0) is 0 Å². The molecule has 0 saturated carbocycles. The Morgan fingerprint density at radius 2 is 2.17 bits per heavy atom. The third kappa shape index (κ3) is 1.77. The van der Waals surface area contributed by atoms with Crippen molar-refractivity contribution in [1.82, 2.24) is 15.0 Å². The van der Waals surface area contributed by atoms with Gasteiger partial charge in [-0.15, -0.1) is 0 Å². The molecule has 0 aromatic carbocycles. The normalized spacial score (nSPS) is 9.83. The topological polar surface area (TPSA) is 39.9 Å². The van der Waals surface area contributed by atoms with Crippen molar-refractivity contribution in [2.24, 2.45) is 0 Å². The molecule has 2 heterocycles. The minimum atomic E-state index is 0. The number of rotatable bonds is 0. The Bertz CT molecular complexity index is 403. The molecule has 56 valence electrons. The maximum absolute atomic E-state index is 5.81. The Labute approximate surface area is 110 Å². The van der Waals surface area contributed by atoms with E-state index < -0.39 is 0 Å². The standard InChI is InChI=1S/C6H2ClIN3.Na/c7-5-4-3(8)1-9-6(4)11-2-10-5;/h1-2H;/q-1;+1. The maximum Gasteiger partial charge on any atom is 1.00 e. The number of nitrogens with zero attached hydrogens (tertiary/aromatic N) is 3. The molecule has 0 amide bonds. The van der Waals surface area contributed by atoms with Crippen molar-refractivity contribution in [3.63, 3.8) is 0 Å². The fourth-order valence-corrected chi connectivity index (χ4v) is 1.87.